The number of nitrogens with one attached hydrogen (secondary N) is 2. The van der Waals surface area contributed by atoms with Crippen molar-refractivity contribution in [2.24, 2.45) is 0 Å². The minimum Gasteiger partial charge on any atom is -0.394 e. The molecule has 1 rings (SSSR count). The summed E-state index contributed by atoms with van der Waals surface area (Å²) in [5, 5.41) is 15.7. The zero-order chi connectivity index (χ0) is 12.5. The summed E-state index contributed by atoms with van der Waals surface area (Å²) in [6.45, 7) is 1.48. The first-order valence-corrected chi connectivity index (χ1v) is 6.00. The van der Waals surface area contributed by atoms with E-state index in [0.717, 1.165) is 5.69 Å². The number of ether oxygens (including phenoxy) is 1. The summed E-state index contributed by atoms with van der Waals surface area (Å²) in [5.74, 6) is 0. The van der Waals surface area contributed by atoms with Gasteiger partial charge in [0.1, 0.15) is 0 Å². The summed E-state index contributed by atoms with van der Waals surface area (Å²) in [6, 6.07) is 7.27. The van der Waals surface area contributed by atoms with Crippen LogP contribution in [0.25, 0.3) is 0 Å². The Balaban J connectivity index is 2.18. The van der Waals surface area contributed by atoms with Gasteiger partial charge >= 0.3 is 0 Å². The van der Waals surface area contributed by atoms with Crippen LogP contribution < -0.4 is 10.6 Å². The van der Waals surface area contributed by atoms with Crippen molar-refractivity contribution >= 4 is 34.6 Å². The van der Waals surface area contributed by atoms with Gasteiger partial charge in [-0.05, 0) is 36.5 Å². The van der Waals surface area contributed by atoms with Crippen LogP contribution in [0.1, 0.15) is 0 Å². The molecule has 0 aliphatic heterocycles. The number of anilines is 1. The third-order valence-electron chi connectivity index (χ3n) is 1.87. The minimum atomic E-state index is 0.0352. The lowest BCUT2D eigenvalue weighted by atomic mass is 10.3. The van der Waals surface area contributed by atoms with Gasteiger partial charge in [-0.2, -0.15) is 0 Å². The molecule has 0 saturated heterocycles. The molecule has 0 saturated carbocycles. The van der Waals surface area contributed by atoms with E-state index in [1.165, 1.54) is 0 Å². The highest BCUT2D eigenvalue weighted by Crippen LogP contribution is 2.12. The van der Waals surface area contributed by atoms with Crippen LogP contribution in [0.5, 0.6) is 0 Å². The average Bonchev–Trinajstić information content (AvgIpc) is 2.32. The fraction of sp³-hybridized carbons (Fsp3) is 0.364. The molecule has 0 bridgehead atoms. The fourth-order valence-electron chi connectivity index (χ4n) is 1.11. The fourth-order valence-corrected chi connectivity index (χ4v) is 1.46. The van der Waals surface area contributed by atoms with Gasteiger partial charge in [0.25, 0.3) is 0 Å². The molecule has 0 heterocycles. The first kappa shape index (κ1) is 14.2. The van der Waals surface area contributed by atoms with Crippen molar-refractivity contribution in [2.45, 2.75) is 0 Å². The monoisotopic (exact) mass is 274 g/mol. The SMILES string of the molecule is OCCOCCNC(=S)Nc1ccc(Cl)cc1. The maximum Gasteiger partial charge on any atom is 0.170 e. The van der Waals surface area contributed by atoms with Gasteiger partial charge in [-0.15, -0.1) is 0 Å². The number of halogens is 1. The Morgan fingerprint density at radius 3 is 2.65 bits per heavy atom. The molecule has 17 heavy (non-hydrogen) atoms. The van der Waals surface area contributed by atoms with Crippen LogP contribution in [-0.4, -0.2) is 36.6 Å². The highest BCUT2D eigenvalue weighted by atomic mass is 35.5. The van der Waals surface area contributed by atoms with E-state index in [1.54, 1.807) is 12.1 Å². The maximum atomic E-state index is 8.50. The van der Waals surface area contributed by atoms with Crippen LogP contribution in [0.4, 0.5) is 5.69 Å². The molecule has 0 amide bonds. The molecule has 0 fully saturated rings. The Bertz CT molecular complexity index is 346. The number of benzene rings is 1. The second kappa shape index (κ2) is 8.25. The van der Waals surface area contributed by atoms with E-state index in [1.807, 2.05) is 12.1 Å². The van der Waals surface area contributed by atoms with Crippen LogP contribution in [0, 0.1) is 0 Å². The molecule has 0 spiro atoms. The second-order valence-corrected chi connectivity index (χ2v) is 4.07. The Labute approximate surface area is 111 Å². The van der Waals surface area contributed by atoms with E-state index in [4.69, 9.17) is 33.7 Å². The van der Waals surface area contributed by atoms with Crippen molar-refractivity contribution in [1.29, 1.82) is 0 Å². The number of thiocarbonyl (C=S) groups is 1. The zero-order valence-electron chi connectivity index (χ0n) is 9.28. The summed E-state index contributed by atoms with van der Waals surface area (Å²) >= 11 is 10.9. The molecule has 0 aromatic heterocycles. The lowest BCUT2D eigenvalue weighted by Crippen LogP contribution is -2.31. The van der Waals surface area contributed by atoms with Crippen molar-refractivity contribution in [3.8, 4) is 0 Å². The van der Waals surface area contributed by atoms with Crippen molar-refractivity contribution in [1.82, 2.24) is 5.32 Å². The predicted octanol–water partition coefficient (Wildman–Crippen LogP) is 1.64. The Morgan fingerprint density at radius 2 is 2.00 bits per heavy atom. The largest absolute Gasteiger partial charge is 0.394 e. The molecule has 0 atom stereocenters. The molecular formula is C11H15ClN2O2S. The highest BCUT2D eigenvalue weighted by Gasteiger charge is 1.97. The zero-order valence-corrected chi connectivity index (χ0v) is 10.9. The molecule has 0 aliphatic carbocycles. The number of aliphatic hydroxyl groups excluding tert-OH is 1. The van der Waals surface area contributed by atoms with Gasteiger partial charge in [0.05, 0.1) is 19.8 Å². The lowest BCUT2D eigenvalue weighted by molar-refractivity contribution is 0.0959. The van der Waals surface area contributed by atoms with Crippen molar-refractivity contribution < 1.29 is 9.84 Å². The third-order valence-corrected chi connectivity index (χ3v) is 2.37. The van der Waals surface area contributed by atoms with E-state index in [-0.39, 0.29) is 6.61 Å². The topological polar surface area (TPSA) is 53.5 Å². The van der Waals surface area contributed by atoms with Gasteiger partial charge < -0.3 is 20.5 Å². The minimum absolute atomic E-state index is 0.0352. The lowest BCUT2D eigenvalue weighted by Gasteiger charge is -2.10. The van der Waals surface area contributed by atoms with Gasteiger partial charge in [0.2, 0.25) is 0 Å². The van der Waals surface area contributed by atoms with E-state index in [2.05, 4.69) is 10.6 Å². The summed E-state index contributed by atoms with van der Waals surface area (Å²) in [6.07, 6.45) is 0. The number of aliphatic hydroxyl groups is 1. The van der Waals surface area contributed by atoms with E-state index in [0.29, 0.717) is 29.9 Å². The molecular weight excluding hydrogens is 260 g/mol. The van der Waals surface area contributed by atoms with Gasteiger partial charge in [0.15, 0.2) is 5.11 Å². The molecule has 4 nitrogen and oxygen atoms in total. The molecule has 0 aliphatic rings. The van der Waals surface area contributed by atoms with E-state index < -0.39 is 0 Å². The molecule has 6 heteroatoms. The molecule has 0 unspecified atom stereocenters. The summed E-state index contributed by atoms with van der Waals surface area (Å²) in [5.41, 5.74) is 0.878. The Kier molecular flexibility index (Phi) is 6.88. The number of hydrogen-bond acceptors (Lipinski definition) is 3. The van der Waals surface area contributed by atoms with Crippen molar-refractivity contribution in [3.05, 3.63) is 29.3 Å². The highest BCUT2D eigenvalue weighted by molar-refractivity contribution is 7.80. The van der Waals surface area contributed by atoms with Crippen LogP contribution in [0.15, 0.2) is 24.3 Å². The van der Waals surface area contributed by atoms with Crippen LogP contribution in [0.3, 0.4) is 0 Å². The van der Waals surface area contributed by atoms with Gasteiger partial charge in [0, 0.05) is 17.3 Å². The smallest absolute Gasteiger partial charge is 0.170 e. The summed E-state index contributed by atoms with van der Waals surface area (Å²) in [7, 11) is 0. The Morgan fingerprint density at radius 1 is 1.29 bits per heavy atom. The number of hydrogen-bond donors (Lipinski definition) is 3. The normalized spacial score (nSPS) is 10.0. The predicted molar refractivity (Wildman–Crippen MR) is 73.6 cm³/mol. The first-order chi connectivity index (χ1) is 8.22. The van der Waals surface area contributed by atoms with Gasteiger partial charge in [-0.3, -0.25) is 0 Å². The summed E-state index contributed by atoms with van der Waals surface area (Å²) < 4.78 is 5.08. The van der Waals surface area contributed by atoms with Crippen molar-refractivity contribution in [2.75, 3.05) is 31.7 Å². The van der Waals surface area contributed by atoms with E-state index in [9.17, 15) is 0 Å². The summed E-state index contributed by atoms with van der Waals surface area (Å²) in [4.78, 5) is 0. The van der Waals surface area contributed by atoms with Gasteiger partial charge in [-0.25, -0.2) is 0 Å². The molecule has 1 aromatic rings. The quantitative estimate of drug-likeness (QED) is 0.544. The van der Waals surface area contributed by atoms with Crippen LogP contribution in [0.2, 0.25) is 5.02 Å². The van der Waals surface area contributed by atoms with Crippen LogP contribution in [-0.2, 0) is 4.74 Å². The third kappa shape index (κ3) is 6.43. The molecule has 94 valence electrons. The maximum absolute atomic E-state index is 8.50. The number of rotatable bonds is 6. The van der Waals surface area contributed by atoms with Crippen LogP contribution >= 0.6 is 23.8 Å². The molecule has 1 aromatic carbocycles. The molecule has 0 radical (unpaired) electrons. The average molecular weight is 275 g/mol. The standard InChI is InChI=1S/C11H15ClN2O2S/c12-9-1-3-10(4-2-9)14-11(17)13-5-7-16-8-6-15/h1-4,15H,5-8H2,(H2,13,14,17). The van der Waals surface area contributed by atoms with Gasteiger partial charge in [-0.1, -0.05) is 11.6 Å². The van der Waals surface area contributed by atoms with Crippen molar-refractivity contribution in [3.63, 3.8) is 0 Å². The first-order valence-electron chi connectivity index (χ1n) is 5.21. The Hall–Kier alpha value is -0.880. The second-order valence-electron chi connectivity index (χ2n) is 3.22. The molecule has 3 N–H and O–H groups in total. The van der Waals surface area contributed by atoms with E-state index >= 15 is 0 Å².